The van der Waals surface area contributed by atoms with E-state index in [9.17, 15) is 9.50 Å². The number of halogens is 1. The highest BCUT2D eigenvalue weighted by molar-refractivity contribution is 5.38. The quantitative estimate of drug-likeness (QED) is 0.864. The van der Waals surface area contributed by atoms with Gasteiger partial charge in [-0.3, -0.25) is 0 Å². The van der Waals surface area contributed by atoms with Crippen LogP contribution in [0.5, 0.6) is 5.75 Å². The van der Waals surface area contributed by atoms with Gasteiger partial charge in [0.25, 0.3) is 0 Å². The number of benzene rings is 2. The Bertz CT molecular complexity index is 639. The third-order valence-corrected chi connectivity index (χ3v) is 3.85. The molecule has 0 bridgehead atoms. The monoisotopic (exact) mass is 287 g/mol. The van der Waals surface area contributed by atoms with Crippen molar-refractivity contribution in [1.82, 2.24) is 5.32 Å². The van der Waals surface area contributed by atoms with E-state index in [2.05, 4.69) is 5.32 Å². The number of rotatable bonds is 4. The average molecular weight is 287 g/mol. The average Bonchev–Trinajstić information content (AvgIpc) is 2.44. The molecule has 2 rings (SSSR count). The van der Waals surface area contributed by atoms with Crippen LogP contribution in [0.2, 0.25) is 0 Å². The Morgan fingerprint density at radius 1 is 1.00 bits per heavy atom. The first-order chi connectivity index (χ1) is 9.88. The molecule has 2 unspecified atom stereocenters. The minimum atomic E-state index is -0.188. The van der Waals surface area contributed by atoms with Crippen molar-refractivity contribution in [1.29, 1.82) is 0 Å². The van der Waals surface area contributed by atoms with Crippen molar-refractivity contribution in [3.8, 4) is 5.75 Å². The fraction of sp³-hybridized carbons (Fsp3) is 0.333. The highest BCUT2D eigenvalue weighted by Crippen LogP contribution is 2.27. The van der Waals surface area contributed by atoms with Crippen LogP contribution in [0.1, 0.15) is 48.2 Å². The van der Waals surface area contributed by atoms with Crippen molar-refractivity contribution in [3.05, 3.63) is 64.5 Å². The van der Waals surface area contributed by atoms with Crippen molar-refractivity contribution < 1.29 is 9.50 Å². The number of phenols is 1. The number of hydrogen-bond donors (Lipinski definition) is 2. The molecular formula is C18H22FNO. The van der Waals surface area contributed by atoms with Crippen molar-refractivity contribution in [2.75, 3.05) is 0 Å². The molecule has 3 heteroatoms. The summed E-state index contributed by atoms with van der Waals surface area (Å²) in [6.07, 6.45) is 0. The van der Waals surface area contributed by atoms with E-state index in [-0.39, 0.29) is 23.7 Å². The predicted molar refractivity (Wildman–Crippen MR) is 83.9 cm³/mol. The summed E-state index contributed by atoms with van der Waals surface area (Å²) in [5, 5.41) is 13.4. The predicted octanol–water partition coefficient (Wildman–Crippen LogP) is 4.56. The van der Waals surface area contributed by atoms with E-state index in [1.54, 1.807) is 25.1 Å². The van der Waals surface area contributed by atoms with E-state index in [0.717, 1.165) is 16.7 Å². The maximum Gasteiger partial charge on any atom is 0.126 e. The van der Waals surface area contributed by atoms with E-state index >= 15 is 0 Å². The van der Waals surface area contributed by atoms with E-state index in [1.807, 2.05) is 39.0 Å². The molecule has 0 aliphatic rings. The summed E-state index contributed by atoms with van der Waals surface area (Å²) >= 11 is 0. The van der Waals surface area contributed by atoms with Gasteiger partial charge in [-0.1, -0.05) is 29.8 Å². The second kappa shape index (κ2) is 6.27. The Morgan fingerprint density at radius 3 is 2.38 bits per heavy atom. The van der Waals surface area contributed by atoms with Crippen LogP contribution in [-0.4, -0.2) is 5.11 Å². The van der Waals surface area contributed by atoms with Crippen molar-refractivity contribution >= 4 is 0 Å². The highest BCUT2D eigenvalue weighted by Gasteiger charge is 2.15. The van der Waals surface area contributed by atoms with E-state index in [0.29, 0.717) is 5.56 Å². The molecule has 0 amide bonds. The molecule has 2 aromatic rings. The zero-order valence-corrected chi connectivity index (χ0v) is 12.9. The molecule has 0 saturated carbocycles. The van der Waals surface area contributed by atoms with Gasteiger partial charge in [-0.2, -0.15) is 0 Å². The van der Waals surface area contributed by atoms with Crippen LogP contribution in [0, 0.1) is 19.7 Å². The first kappa shape index (κ1) is 15.5. The molecule has 0 saturated heterocycles. The normalized spacial score (nSPS) is 14.0. The third-order valence-electron chi connectivity index (χ3n) is 3.85. The number of aryl methyl sites for hydroxylation is 2. The molecule has 0 fully saturated rings. The number of hydrogen-bond acceptors (Lipinski definition) is 2. The minimum Gasteiger partial charge on any atom is -0.508 e. The largest absolute Gasteiger partial charge is 0.508 e. The van der Waals surface area contributed by atoms with Crippen molar-refractivity contribution in [3.63, 3.8) is 0 Å². The fourth-order valence-corrected chi connectivity index (χ4v) is 2.46. The Labute approximate surface area is 125 Å². The fourth-order valence-electron chi connectivity index (χ4n) is 2.46. The summed E-state index contributed by atoms with van der Waals surface area (Å²) in [5.74, 6) is 0.0927. The van der Waals surface area contributed by atoms with Gasteiger partial charge in [-0.05, 0) is 51.0 Å². The van der Waals surface area contributed by atoms with Crippen LogP contribution in [-0.2, 0) is 0 Å². The summed E-state index contributed by atoms with van der Waals surface area (Å²) < 4.78 is 13.6. The van der Waals surface area contributed by atoms with Gasteiger partial charge in [0.1, 0.15) is 11.6 Å². The van der Waals surface area contributed by atoms with Gasteiger partial charge in [-0.25, -0.2) is 4.39 Å². The molecule has 112 valence electrons. The van der Waals surface area contributed by atoms with Gasteiger partial charge in [-0.15, -0.1) is 0 Å². The van der Waals surface area contributed by atoms with Gasteiger partial charge >= 0.3 is 0 Å². The van der Waals surface area contributed by atoms with Crippen LogP contribution in [0.15, 0.2) is 36.4 Å². The molecule has 0 heterocycles. The minimum absolute atomic E-state index is 0.00462. The summed E-state index contributed by atoms with van der Waals surface area (Å²) in [6, 6.07) is 10.8. The van der Waals surface area contributed by atoms with Crippen LogP contribution >= 0.6 is 0 Å². The maximum absolute atomic E-state index is 13.6. The summed E-state index contributed by atoms with van der Waals surface area (Å²) in [7, 11) is 0. The van der Waals surface area contributed by atoms with Gasteiger partial charge in [0, 0.05) is 17.6 Å². The molecule has 2 nitrogen and oxygen atoms in total. The first-order valence-electron chi connectivity index (χ1n) is 7.20. The molecule has 0 radical (unpaired) electrons. The lowest BCUT2D eigenvalue weighted by molar-refractivity contribution is 0.437. The Kier molecular flexibility index (Phi) is 4.63. The van der Waals surface area contributed by atoms with Crippen LogP contribution in [0.25, 0.3) is 0 Å². The van der Waals surface area contributed by atoms with E-state index in [1.165, 1.54) is 0 Å². The standard InChI is InChI=1S/C18H22FNO/c1-11-5-8-18(21)16(9-11)14(4)20-13(3)15-7-6-12(2)17(19)10-15/h5-10,13-14,20-21H,1-4H3. The van der Waals surface area contributed by atoms with Crippen LogP contribution in [0.4, 0.5) is 4.39 Å². The highest BCUT2D eigenvalue weighted by atomic mass is 19.1. The number of phenolic OH excluding ortho intramolecular Hbond substituents is 1. The van der Waals surface area contributed by atoms with Gasteiger partial charge in [0.05, 0.1) is 0 Å². The second-order valence-electron chi connectivity index (χ2n) is 5.68. The number of nitrogens with one attached hydrogen (secondary N) is 1. The van der Waals surface area contributed by atoms with E-state index < -0.39 is 0 Å². The summed E-state index contributed by atoms with van der Waals surface area (Å²) in [5.41, 5.74) is 3.51. The molecule has 0 aromatic heterocycles. The van der Waals surface area contributed by atoms with Gasteiger partial charge < -0.3 is 10.4 Å². The summed E-state index contributed by atoms with van der Waals surface area (Å²) in [6.45, 7) is 7.74. The topological polar surface area (TPSA) is 32.3 Å². The molecule has 21 heavy (non-hydrogen) atoms. The van der Waals surface area contributed by atoms with Crippen molar-refractivity contribution in [2.45, 2.75) is 39.8 Å². The number of aromatic hydroxyl groups is 1. The Morgan fingerprint density at radius 2 is 1.71 bits per heavy atom. The molecule has 2 N–H and O–H groups in total. The Hall–Kier alpha value is -1.87. The van der Waals surface area contributed by atoms with Crippen LogP contribution in [0.3, 0.4) is 0 Å². The molecule has 0 spiro atoms. The zero-order valence-electron chi connectivity index (χ0n) is 12.9. The lowest BCUT2D eigenvalue weighted by Crippen LogP contribution is -2.22. The molecule has 2 aromatic carbocycles. The first-order valence-corrected chi connectivity index (χ1v) is 7.20. The van der Waals surface area contributed by atoms with Gasteiger partial charge in [0.15, 0.2) is 0 Å². The Balaban J connectivity index is 2.16. The second-order valence-corrected chi connectivity index (χ2v) is 5.68. The van der Waals surface area contributed by atoms with Crippen LogP contribution < -0.4 is 5.32 Å². The van der Waals surface area contributed by atoms with E-state index in [4.69, 9.17) is 0 Å². The molecule has 2 atom stereocenters. The maximum atomic E-state index is 13.6. The molecule has 0 aliphatic heterocycles. The molecular weight excluding hydrogens is 265 g/mol. The third kappa shape index (κ3) is 3.61. The van der Waals surface area contributed by atoms with Crippen molar-refractivity contribution in [2.24, 2.45) is 0 Å². The lowest BCUT2D eigenvalue weighted by atomic mass is 10.0. The van der Waals surface area contributed by atoms with Gasteiger partial charge in [0.2, 0.25) is 0 Å². The molecule has 0 aliphatic carbocycles. The summed E-state index contributed by atoms with van der Waals surface area (Å²) in [4.78, 5) is 0. The lowest BCUT2D eigenvalue weighted by Gasteiger charge is -2.22. The smallest absolute Gasteiger partial charge is 0.126 e. The SMILES string of the molecule is Cc1ccc(O)c(C(C)NC(C)c2ccc(C)c(F)c2)c1. The zero-order chi connectivity index (χ0) is 15.6.